The van der Waals surface area contributed by atoms with Crippen LogP contribution < -0.4 is 0 Å². The molecule has 0 aliphatic carbocycles. The number of carbonyl (C=O) groups is 1. The minimum atomic E-state index is -0.0348. The average Bonchev–Trinajstić information content (AvgIpc) is 2.90. The van der Waals surface area contributed by atoms with E-state index in [4.69, 9.17) is 23.2 Å². The van der Waals surface area contributed by atoms with Crippen LogP contribution in [0.1, 0.15) is 49.9 Å². The van der Waals surface area contributed by atoms with Gasteiger partial charge in [0.05, 0.1) is 12.1 Å². The van der Waals surface area contributed by atoms with Crippen LogP contribution in [-0.2, 0) is 0 Å². The van der Waals surface area contributed by atoms with Crippen molar-refractivity contribution >= 4 is 29.2 Å². The largest absolute Gasteiger partial charge is 0.321 e. The summed E-state index contributed by atoms with van der Waals surface area (Å²) in [6.07, 6.45) is 1.84. The van der Waals surface area contributed by atoms with Gasteiger partial charge in [-0.1, -0.05) is 61.3 Å². The van der Waals surface area contributed by atoms with Crippen molar-refractivity contribution in [1.82, 2.24) is 9.80 Å². The second kappa shape index (κ2) is 8.32. The minimum absolute atomic E-state index is 0.0348. The number of amides is 2. The number of halogens is 2. The maximum atomic E-state index is 13.2. The number of nitrogens with zero attached hydrogens (tertiary/aromatic N) is 2. The van der Waals surface area contributed by atoms with Crippen LogP contribution >= 0.6 is 23.2 Å². The molecule has 2 amide bonds. The van der Waals surface area contributed by atoms with E-state index >= 15 is 0 Å². The molecule has 1 aliphatic rings. The van der Waals surface area contributed by atoms with E-state index in [2.05, 4.69) is 13.8 Å². The molecule has 0 saturated carbocycles. The van der Waals surface area contributed by atoms with Crippen LogP contribution in [-0.4, -0.2) is 28.9 Å². The summed E-state index contributed by atoms with van der Waals surface area (Å²) in [5.41, 5.74) is 2.21. The highest BCUT2D eigenvalue weighted by molar-refractivity contribution is 6.30. The molecule has 0 spiro atoms. The number of hydrogen-bond acceptors (Lipinski definition) is 1. The van der Waals surface area contributed by atoms with E-state index < -0.39 is 0 Å². The first-order valence-electron chi connectivity index (χ1n) is 9.15. The molecule has 1 aliphatic heterocycles. The molecular weight excluding hydrogens is 367 g/mol. The van der Waals surface area contributed by atoms with Crippen molar-refractivity contribution in [1.29, 1.82) is 0 Å². The lowest BCUT2D eigenvalue weighted by Crippen LogP contribution is -2.33. The molecular formula is C21H24Cl2N2O. The van der Waals surface area contributed by atoms with Gasteiger partial charge in [-0.3, -0.25) is 0 Å². The van der Waals surface area contributed by atoms with Crippen LogP contribution in [0.4, 0.5) is 4.79 Å². The van der Waals surface area contributed by atoms with Crippen LogP contribution in [0.15, 0.2) is 48.5 Å². The predicted molar refractivity (Wildman–Crippen MR) is 108 cm³/mol. The van der Waals surface area contributed by atoms with Gasteiger partial charge in [-0.25, -0.2) is 4.79 Å². The fourth-order valence-corrected chi connectivity index (χ4v) is 3.99. The summed E-state index contributed by atoms with van der Waals surface area (Å²) in [6.45, 7) is 5.67. The first kappa shape index (κ1) is 19.1. The third-order valence-corrected chi connectivity index (χ3v) is 5.32. The molecule has 2 atom stereocenters. The number of rotatable bonds is 6. The summed E-state index contributed by atoms with van der Waals surface area (Å²) < 4.78 is 0. The van der Waals surface area contributed by atoms with Gasteiger partial charge in [0.2, 0.25) is 0 Å². The maximum absolute atomic E-state index is 13.2. The molecule has 0 bridgehead atoms. The van der Waals surface area contributed by atoms with Crippen LogP contribution in [0.2, 0.25) is 10.0 Å². The highest BCUT2D eigenvalue weighted by Crippen LogP contribution is 2.45. The Morgan fingerprint density at radius 2 is 1.08 bits per heavy atom. The second-order valence-corrected chi connectivity index (χ2v) is 7.54. The van der Waals surface area contributed by atoms with Gasteiger partial charge < -0.3 is 9.80 Å². The van der Waals surface area contributed by atoms with Gasteiger partial charge in [0.1, 0.15) is 0 Å². The average molecular weight is 391 g/mol. The van der Waals surface area contributed by atoms with Crippen LogP contribution in [0.25, 0.3) is 0 Å². The molecule has 0 radical (unpaired) electrons. The summed E-state index contributed by atoms with van der Waals surface area (Å²) in [5.74, 6) is 0. The van der Waals surface area contributed by atoms with Crippen molar-refractivity contribution in [2.75, 3.05) is 13.1 Å². The van der Waals surface area contributed by atoms with Gasteiger partial charge >= 0.3 is 6.03 Å². The molecule has 3 rings (SSSR count). The zero-order valence-corrected chi connectivity index (χ0v) is 16.7. The Morgan fingerprint density at radius 3 is 1.38 bits per heavy atom. The Hall–Kier alpha value is -1.71. The third-order valence-electron chi connectivity index (χ3n) is 4.81. The van der Waals surface area contributed by atoms with Crippen molar-refractivity contribution < 1.29 is 4.79 Å². The molecule has 0 aromatic heterocycles. The van der Waals surface area contributed by atoms with E-state index in [9.17, 15) is 4.79 Å². The van der Waals surface area contributed by atoms with E-state index in [1.54, 1.807) is 0 Å². The Bertz CT molecular complexity index is 682. The van der Waals surface area contributed by atoms with Crippen molar-refractivity contribution in [2.45, 2.75) is 38.8 Å². The standard InChI is InChI=1S/C21H24Cl2N2O/c1-3-13-24-19(15-5-9-17(22)10-6-15)20(25(14-4-2)21(24)26)16-7-11-18(23)12-8-16/h5-12,19-20H,3-4,13-14H2,1-2H3. The van der Waals surface area contributed by atoms with Gasteiger partial charge in [-0.15, -0.1) is 0 Å². The Kier molecular flexibility index (Phi) is 6.10. The Balaban J connectivity index is 2.10. The minimum Gasteiger partial charge on any atom is -0.315 e. The van der Waals surface area contributed by atoms with Crippen LogP contribution in [0.5, 0.6) is 0 Å². The maximum Gasteiger partial charge on any atom is 0.321 e. The van der Waals surface area contributed by atoms with Crippen molar-refractivity contribution in [3.8, 4) is 0 Å². The lowest BCUT2D eigenvalue weighted by molar-refractivity contribution is 0.184. The second-order valence-electron chi connectivity index (χ2n) is 6.66. The highest BCUT2D eigenvalue weighted by Gasteiger charge is 2.46. The van der Waals surface area contributed by atoms with E-state index in [1.165, 1.54) is 0 Å². The van der Waals surface area contributed by atoms with Gasteiger partial charge in [0.15, 0.2) is 0 Å². The third kappa shape index (κ3) is 3.70. The highest BCUT2D eigenvalue weighted by atomic mass is 35.5. The lowest BCUT2D eigenvalue weighted by atomic mass is 9.93. The van der Waals surface area contributed by atoms with Crippen molar-refractivity contribution in [2.24, 2.45) is 0 Å². The molecule has 5 heteroatoms. The number of benzene rings is 2. The normalized spacial score (nSPS) is 20.1. The van der Waals surface area contributed by atoms with E-state index in [0.717, 1.165) is 37.1 Å². The van der Waals surface area contributed by atoms with E-state index in [0.29, 0.717) is 10.0 Å². The van der Waals surface area contributed by atoms with Gasteiger partial charge in [-0.2, -0.15) is 0 Å². The molecule has 1 fully saturated rings. The van der Waals surface area contributed by atoms with Gasteiger partial charge in [0, 0.05) is 23.1 Å². The van der Waals surface area contributed by atoms with Crippen LogP contribution in [0.3, 0.4) is 0 Å². The molecule has 0 N–H and O–H groups in total. The fourth-order valence-electron chi connectivity index (χ4n) is 3.74. The lowest BCUT2D eigenvalue weighted by Gasteiger charge is -2.29. The molecule has 2 aromatic rings. The fraction of sp³-hybridized carbons (Fsp3) is 0.381. The number of hydrogen-bond donors (Lipinski definition) is 0. The van der Waals surface area contributed by atoms with E-state index in [1.807, 2.05) is 58.3 Å². The number of urea groups is 1. The zero-order valence-electron chi connectivity index (χ0n) is 15.2. The molecule has 3 nitrogen and oxygen atoms in total. The first-order valence-corrected chi connectivity index (χ1v) is 9.90. The Morgan fingerprint density at radius 1 is 0.731 bits per heavy atom. The molecule has 2 aromatic carbocycles. The summed E-state index contributed by atoms with van der Waals surface area (Å²) in [5, 5.41) is 1.40. The van der Waals surface area contributed by atoms with Gasteiger partial charge in [0.25, 0.3) is 0 Å². The molecule has 1 heterocycles. The predicted octanol–water partition coefficient (Wildman–Crippen LogP) is 6.33. The summed E-state index contributed by atoms with van der Waals surface area (Å²) >= 11 is 12.2. The molecule has 138 valence electrons. The van der Waals surface area contributed by atoms with Crippen molar-refractivity contribution in [3.05, 3.63) is 69.7 Å². The van der Waals surface area contributed by atoms with Crippen molar-refractivity contribution in [3.63, 3.8) is 0 Å². The monoisotopic (exact) mass is 390 g/mol. The number of carbonyl (C=O) groups excluding carboxylic acids is 1. The molecule has 26 heavy (non-hydrogen) atoms. The van der Waals surface area contributed by atoms with Gasteiger partial charge in [-0.05, 0) is 48.2 Å². The molecule has 2 unspecified atom stereocenters. The smallest absolute Gasteiger partial charge is 0.315 e. The topological polar surface area (TPSA) is 23.6 Å². The molecule has 1 saturated heterocycles. The summed E-state index contributed by atoms with van der Waals surface area (Å²) in [6, 6.07) is 15.7. The van der Waals surface area contributed by atoms with Crippen LogP contribution in [0, 0.1) is 0 Å². The zero-order chi connectivity index (χ0) is 18.7. The summed E-state index contributed by atoms with van der Waals surface area (Å²) in [4.78, 5) is 17.2. The quantitative estimate of drug-likeness (QED) is 0.564. The SMILES string of the molecule is CCCN1C(=O)N(CCC)C(c2ccc(Cl)cc2)C1c1ccc(Cl)cc1. The van der Waals surface area contributed by atoms with E-state index in [-0.39, 0.29) is 18.1 Å². The first-order chi connectivity index (χ1) is 12.6. The Labute approximate surface area is 165 Å². The summed E-state index contributed by atoms with van der Waals surface area (Å²) in [7, 11) is 0.